The Hall–Kier alpha value is -2.33. The molecular weight excluding hydrogens is 385 g/mol. The summed E-state index contributed by atoms with van der Waals surface area (Å²) in [7, 11) is 0. The minimum absolute atomic E-state index is 0.295. The van der Waals surface area contributed by atoms with Gasteiger partial charge in [-0.05, 0) is 23.9 Å². The van der Waals surface area contributed by atoms with Crippen molar-refractivity contribution in [3.05, 3.63) is 78.4 Å². The van der Waals surface area contributed by atoms with E-state index in [-0.39, 0.29) is 0 Å². The first-order valence-corrected chi connectivity index (χ1v) is 10.9. The first-order chi connectivity index (χ1) is 12.9. The van der Waals surface area contributed by atoms with E-state index in [4.69, 9.17) is 20.3 Å². The van der Waals surface area contributed by atoms with E-state index in [9.17, 15) is 9.36 Å². The number of hydrogen-bond donors (Lipinski definition) is 1. The molecule has 1 N–H and O–H groups in total. The van der Waals surface area contributed by atoms with Gasteiger partial charge < -0.3 is 14.4 Å². The van der Waals surface area contributed by atoms with Gasteiger partial charge in [-0.3, -0.25) is 0 Å². The molecule has 0 spiro atoms. The summed E-state index contributed by atoms with van der Waals surface area (Å²) in [5, 5.41) is 4.63. The standard InChI is InChI=1S/C20H19ClNO4P/c1-15(22-14-16-8-3-2-4-9-16)20(23)26-27(21,24)25-19-13-7-11-17-10-5-6-12-18(17)19/h2-13,15,22H,14H2,1H3/t15-,27?/m1/s1. The Morgan fingerprint density at radius 2 is 1.70 bits per heavy atom. The number of fused-ring (bicyclic) bond motifs is 1. The maximum absolute atomic E-state index is 12.5. The number of carbonyl (C=O) groups excluding carboxylic acids is 1. The molecule has 0 aromatic heterocycles. The third-order valence-electron chi connectivity index (χ3n) is 3.96. The molecule has 3 aromatic rings. The quantitative estimate of drug-likeness (QED) is 0.543. The van der Waals surface area contributed by atoms with E-state index in [1.54, 1.807) is 19.1 Å². The van der Waals surface area contributed by atoms with Gasteiger partial charge in [-0.25, -0.2) is 9.36 Å². The zero-order chi connectivity index (χ0) is 19.3. The number of carbonyl (C=O) groups is 1. The highest BCUT2D eigenvalue weighted by atomic mass is 35.7. The zero-order valence-electron chi connectivity index (χ0n) is 14.7. The molecule has 0 aliphatic heterocycles. The number of halogens is 1. The van der Waals surface area contributed by atoms with Crippen LogP contribution in [-0.2, 0) is 20.4 Å². The van der Waals surface area contributed by atoms with Crippen molar-refractivity contribution < 1.29 is 18.4 Å². The predicted octanol–water partition coefficient (Wildman–Crippen LogP) is 5.29. The average molecular weight is 404 g/mol. The molecule has 5 nitrogen and oxygen atoms in total. The summed E-state index contributed by atoms with van der Waals surface area (Å²) in [6.45, 7) is -2.06. The summed E-state index contributed by atoms with van der Waals surface area (Å²) >= 11 is 5.89. The Labute approximate surface area is 162 Å². The second-order valence-electron chi connectivity index (χ2n) is 6.00. The van der Waals surface area contributed by atoms with E-state index >= 15 is 0 Å². The Balaban J connectivity index is 1.63. The Kier molecular flexibility index (Phi) is 6.17. The van der Waals surface area contributed by atoms with Crippen molar-refractivity contribution in [3.63, 3.8) is 0 Å². The Bertz CT molecular complexity index is 975. The SMILES string of the molecule is C[C@@H](NCc1ccccc1)C(=O)OP(=O)(Cl)Oc1cccc2ccccc12. The number of nitrogens with one attached hydrogen (secondary N) is 1. The summed E-state index contributed by atoms with van der Waals surface area (Å²) in [4.78, 5) is 12.2. The minimum atomic E-state index is -4.14. The monoisotopic (exact) mass is 403 g/mol. The second-order valence-corrected chi connectivity index (χ2v) is 8.47. The van der Waals surface area contributed by atoms with Gasteiger partial charge in [-0.2, -0.15) is 0 Å². The van der Waals surface area contributed by atoms with Crippen molar-refractivity contribution >= 4 is 34.9 Å². The van der Waals surface area contributed by atoms with Crippen LogP contribution in [0.25, 0.3) is 10.8 Å². The van der Waals surface area contributed by atoms with Crippen LogP contribution in [0.4, 0.5) is 0 Å². The van der Waals surface area contributed by atoms with Crippen LogP contribution in [-0.4, -0.2) is 12.0 Å². The number of benzene rings is 3. The Morgan fingerprint density at radius 1 is 1.04 bits per heavy atom. The zero-order valence-corrected chi connectivity index (χ0v) is 16.3. The first-order valence-electron chi connectivity index (χ1n) is 8.42. The van der Waals surface area contributed by atoms with Gasteiger partial charge in [-0.15, -0.1) is 0 Å². The van der Waals surface area contributed by atoms with E-state index in [1.165, 1.54) is 0 Å². The van der Waals surface area contributed by atoms with Gasteiger partial charge in [0.15, 0.2) is 0 Å². The van der Waals surface area contributed by atoms with E-state index < -0.39 is 19.0 Å². The molecule has 2 atom stereocenters. The largest absolute Gasteiger partial charge is 0.532 e. The molecule has 1 unspecified atom stereocenters. The lowest BCUT2D eigenvalue weighted by molar-refractivity contribution is -0.136. The molecule has 0 aliphatic rings. The van der Waals surface area contributed by atoms with Crippen molar-refractivity contribution in [1.29, 1.82) is 0 Å². The van der Waals surface area contributed by atoms with Crippen molar-refractivity contribution in [3.8, 4) is 5.75 Å². The molecule has 0 saturated carbocycles. The van der Waals surface area contributed by atoms with Crippen LogP contribution in [0.3, 0.4) is 0 Å². The van der Waals surface area contributed by atoms with Gasteiger partial charge in [0.1, 0.15) is 11.8 Å². The molecule has 3 rings (SSSR count). The molecule has 27 heavy (non-hydrogen) atoms. The highest BCUT2D eigenvalue weighted by molar-refractivity contribution is 7.82. The highest BCUT2D eigenvalue weighted by Crippen LogP contribution is 2.54. The smallest absolute Gasteiger partial charge is 0.404 e. The van der Waals surface area contributed by atoms with E-state index in [2.05, 4.69) is 5.32 Å². The molecule has 140 valence electrons. The third-order valence-corrected chi connectivity index (χ3v) is 5.19. The van der Waals surface area contributed by atoms with Crippen molar-refractivity contribution in [2.75, 3.05) is 0 Å². The van der Waals surface area contributed by atoms with Gasteiger partial charge in [0.05, 0.1) is 0 Å². The lowest BCUT2D eigenvalue weighted by Crippen LogP contribution is -2.34. The lowest BCUT2D eigenvalue weighted by Gasteiger charge is -2.17. The van der Waals surface area contributed by atoms with Crippen molar-refractivity contribution in [2.45, 2.75) is 19.5 Å². The summed E-state index contributed by atoms with van der Waals surface area (Å²) in [6.07, 6.45) is 0. The van der Waals surface area contributed by atoms with E-state index in [1.807, 2.05) is 60.7 Å². The van der Waals surface area contributed by atoms with Crippen molar-refractivity contribution in [1.82, 2.24) is 5.32 Å². The topological polar surface area (TPSA) is 64.6 Å². The van der Waals surface area contributed by atoms with Crippen LogP contribution in [0.2, 0.25) is 0 Å². The molecular formula is C20H19ClNO4P. The lowest BCUT2D eigenvalue weighted by atomic mass is 10.1. The van der Waals surface area contributed by atoms with Gasteiger partial charge in [0, 0.05) is 23.2 Å². The normalized spacial score (nSPS) is 14.3. The molecule has 0 heterocycles. The van der Waals surface area contributed by atoms with Crippen LogP contribution in [0.15, 0.2) is 72.8 Å². The molecule has 0 radical (unpaired) electrons. The van der Waals surface area contributed by atoms with E-state index in [0.29, 0.717) is 12.3 Å². The van der Waals surface area contributed by atoms with Gasteiger partial charge in [0.25, 0.3) is 0 Å². The van der Waals surface area contributed by atoms with Crippen LogP contribution >= 0.6 is 18.2 Å². The minimum Gasteiger partial charge on any atom is -0.404 e. The molecule has 3 aromatic carbocycles. The summed E-state index contributed by atoms with van der Waals surface area (Å²) in [5.41, 5.74) is 1.01. The van der Waals surface area contributed by atoms with Gasteiger partial charge >= 0.3 is 12.9 Å². The fourth-order valence-electron chi connectivity index (χ4n) is 2.55. The molecule has 0 fully saturated rings. The van der Waals surface area contributed by atoms with E-state index in [0.717, 1.165) is 16.3 Å². The van der Waals surface area contributed by atoms with Crippen LogP contribution in [0.5, 0.6) is 5.75 Å². The molecule has 0 aliphatic carbocycles. The summed E-state index contributed by atoms with van der Waals surface area (Å²) in [5.74, 6) is -0.450. The van der Waals surface area contributed by atoms with Crippen LogP contribution in [0.1, 0.15) is 12.5 Å². The number of hydrogen-bond acceptors (Lipinski definition) is 5. The molecule has 7 heteroatoms. The average Bonchev–Trinajstić information content (AvgIpc) is 2.66. The first kappa shape index (κ1) is 19.4. The van der Waals surface area contributed by atoms with Gasteiger partial charge in [-0.1, -0.05) is 66.7 Å². The summed E-state index contributed by atoms with van der Waals surface area (Å²) in [6, 6.07) is 21.6. The molecule has 0 saturated heterocycles. The Morgan fingerprint density at radius 3 is 2.48 bits per heavy atom. The molecule has 0 bridgehead atoms. The van der Waals surface area contributed by atoms with Crippen LogP contribution in [0, 0.1) is 0 Å². The van der Waals surface area contributed by atoms with Crippen LogP contribution < -0.4 is 9.84 Å². The fraction of sp³-hybridized carbons (Fsp3) is 0.150. The highest BCUT2D eigenvalue weighted by Gasteiger charge is 2.30. The van der Waals surface area contributed by atoms with Crippen molar-refractivity contribution in [2.24, 2.45) is 0 Å². The second kappa shape index (κ2) is 8.57. The molecule has 0 amide bonds. The third kappa shape index (κ3) is 5.33. The summed E-state index contributed by atoms with van der Waals surface area (Å²) < 4.78 is 22.8. The predicted molar refractivity (Wildman–Crippen MR) is 107 cm³/mol. The maximum atomic E-state index is 12.5. The fourth-order valence-corrected chi connectivity index (χ4v) is 3.78. The van der Waals surface area contributed by atoms with Gasteiger partial charge in [0.2, 0.25) is 0 Å². The maximum Gasteiger partial charge on any atom is 0.532 e. The number of rotatable bonds is 7.